The number of ether oxygens (including phenoxy) is 1. The number of benzene rings is 2. The predicted molar refractivity (Wildman–Crippen MR) is 89.5 cm³/mol. The second kappa shape index (κ2) is 8.31. The number of halogens is 2. The second-order valence-electron chi connectivity index (χ2n) is 4.91. The summed E-state index contributed by atoms with van der Waals surface area (Å²) in [6.07, 6.45) is 0. The van der Waals surface area contributed by atoms with Crippen molar-refractivity contribution < 1.29 is 18.7 Å². The van der Waals surface area contributed by atoms with Crippen molar-refractivity contribution in [2.45, 2.75) is 6.54 Å². The Bertz CT molecular complexity index is 752. The molecule has 0 aliphatic heterocycles. The molecule has 0 heterocycles. The fourth-order valence-corrected chi connectivity index (χ4v) is 2.16. The summed E-state index contributed by atoms with van der Waals surface area (Å²) in [4.78, 5) is 23.4. The molecule has 1 amide bonds. The standard InChI is InChI=1S/C17H16ClFN2O3/c1-24-17(23)11-6-7-13(18)15(8-11)20-10-16(22)21-9-12-4-2-3-5-14(12)19/h2-8,20H,9-10H2,1H3,(H,21,22). The number of carbonyl (C=O) groups is 2. The summed E-state index contributed by atoms with van der Waals surface area (Å²) in [7, 11) is 1.28. The number of methoxy groups -OCH3 is 1. The Morgan fingerprint density at radius 3 is 2.67 bits per heavy atom. The Kier molecular flexibility index (Phi) is 6.14. The van der Waals surface area contributed by atoms with E-state index < -0.39 is 5.97 Å². The first kappa shape index (κ1) is 17.7. The highest BCUT2D eigenvalue weighted by atomic mass is 35.5. The van der Waals surface area contributed by atoms with Crippen LogP contribution >= 0.6 is 11.6 Å². The minimum absolute atomic E-state index is 0.0706. The maximum absolute atomic E-state index is 13.5. The van der Waals surface area contributed by atoms with Crippen molar-refractivity contribution >= 4 is 29.2 Å². The lowest BCUT2D eigenvalue weighted by Crippen LogP contribution is -2.29. The Morgan fingerprint density at radius 1 is 1.21 bits per heavy atom. The van der Waals surface area contributed by atoms with Gasteiger partial charge >= 0.3 is 5.97 Å². The molecular formula is C17H16ClFN2O3. The van der Waals surface area contributed by atoms with Gasteiger partial charge in [0.05, 0.1) is 29.9 Å². The molecule has 7 heteroatoms. The smallest absolute Gasteiger partial charge is 0.337 e. The third-order valence-electron chi connectivity index (χ3n) is 3.26. The van der Waals surface area contributed by atoms with Gasteiger partial charge < -0.3 is 15.4 Å². The largest absolute Gasteiger partial charge is 0.465 e. The molecule has 2 N–H and O–H groups in total. The van der Waals surface area contributed by atoms with Crippen molar-refractivity contribution in [1.29, 1.82) is 0 Å². The van der Waals surface area contributed by atoms with E-state index in [9.17, 15) is 14.0 Å². The summed E-state index contributed by atoms with van der Waals surface area (Å²) in [5, 5.41) is 5.80. The zero-order chi connectivity index (χ0) is 17.5. The summed E-state index contributed by atoms with van der Waals surface area (Å²) in [5.41, 5.74) is 1.15. The van der Waals surface area contributed by atoms with Crippen LogP contribution in [0, 0.1) is 5.82 Å². The molecule has 0 fully saturated rings. The van der Waals surface area contributed by atoms with Gasteiger partial charge in [-0.2, -0.15) is 0 Å². The molecule has 2 rings (SSSR count). The lowest BCUT2D eigenvalue weighted by molar-refractivity contribution is -0.119. The first-order chi connectivity index (χ1) is 11.5. The highest BCUT2D eigenvalue weighted by Crippen LogP contribution is 2.23. The maximum atomic E-state index is 13.5. The Labute approximate surface area is 143 Å². The monoisotopic (exact) mass is 350 g/mol. The van der Waals surface area contributed by atoms with Crippen LogP contribution in [0.25, 0.3) is 0 Å². The molecule has 0 radical (unpaired) electrons. The number of hydrogen-bond donors (Lipinski definition) is 2. The normalized spacial score (nSPS) is 10.1. The van der Waals surface area contributed by atoms with Crippen LogP contribution in [0.15, 0.2) is 42.5 Å². The molecule has 0 unspecified atom stereocenters. The zero-order valence-corrected chi connectivity index (χ0v) is 13.7. The van der Waals surface area contributed by atoms with Gasteiger partial charge in [0.2, 0.25) is 5.91 Å². The molecule has 0 aliphatic carbocycles. The maximum Gasteiger partial charge on any atom is 0.337 e. The van der Waals surface area contributed by atoms with E-state index in [1.54, 1.807) is 18.2 Å². The fourth-order valence-electron chi connectivity index (χ4n) is 1.98. The second-order valence-corrected chi connectivity index (χ2v) is 5.32. The molecule has 0 saturated heterocycles. The topological polar surface area (TPSA) is 67.4 Å². The molecular weight excluding hydrogens is 335 g/mol. The van der Waals surface area contributed by atoms with Crippen molar-refractivity contribution in [3.8, 4) is 0 Å². The summed E-state index contributed by atoms with van der Waals surface area (Å²) in [6.45, 7) is 0.0158. The van der Waals surface area contributed by atoms with E-state index in [4.69, 9.17) is 11.6 Å². The van der Waals surface area contributed by atoms with Gasteiger partial charge in [-0.3, -0.25) is 4.79 Å². The number of amides is 1. The van der Waals surface area contributed by atoms with Gasteiger partial charge in [0.1, 0.15) is 5.82 Å². The van der Waals surface area contributed by atoms with Gasteiger partial charge in [0.25, 0.3) is 0 Å². The summed E-state index contributed by atoms with van der Waals surface area (Å²) < 4.78 is 18.1. The van der Waals surface area contributed by atoms with Crippen molar-refractivity contribution in [1.82, 2.24) is 5.32 Å². The fraction of sp³-hybridized carbons (Fsp3) is 0.176. The van der Waals surface area contributed by atoms with E-state index in [1.807, 2.05) is 0 Å². The third-order valence-corrected chi connectivity index (χ3v) is 3.59. The van der Waals surface area contributed by atoms with E-state index >= 15 is 0 Å². The number of hydrogen-bond acceptors (Lipinski definition) is 4. The van der Waals surface area contributed by atoms with Crippen molar-refractivity contribution in [2.75, 3.05) is 19.0 Å². The van der Waals surface area contributed by atoms with Crippen LogP contribution < -0.4 is 10.6 Å². The lowest BCUT2D eigenvalue weighted by atomic mass is 10.2. The number of nitrogens with one attached hydrogen (secondary N) is 2. The molecule has 0 bridgehead atoms. The van der Waals surface area contributed by atoms with E-state index in [1.165, 1.54) is 31.4 Å². The number of rotatable bonds is 6. The molecule has 0 atom stereocenters. The minimum Gasteiger partial charge on any atom is -0.465 e. The number of anilines is 1. The number of esters is 1. The average molecular weight is 351 g/mol. The molecule has 126 valence electrons. The van der Waals surface area contributed by atoms with Crippen LogP contribution in [0.1, 0.15) is 15.9 Å². The van der Waals surface area contributed by atoms with E-state index in [0.29, 0.717) is 21.8 Å². The third kappa shape index (κ3) is 4.70. The van der Waals surface area contributed by atoms with Crippen LogP contribution in [0.2, 0.25) is 5.02 Å². The van der Waals surface area contributed by atoms with Crippen LogP contribution in [-0.4, -0.2) is 25.5 Å². The summed E-state index contributed by atoms with van der Waals surface area (Å²) >= 11 is 6.03. The molecule has 2 aromatic rings. The van der Waals surface area contributed by atoms with Gasteiger partial charge in [-0.05, 0) is 24.3 Å². The number of carbonyl (C=O) groups excluding carboxylic acids is 2. The SMILES string of the molecule is COC(=O)c1ccc(Cl)c(NCC(=O)NCc2ccccc2F)c1. The predicted octanol–water partition coefficient (Wildman–Crippen LogP) is 2.99. The molecule has 5 nitrogen and oxygen atoms in total. The first-order valence-electron chi connectivity index (χ1n) is 7.13. The van der Waals surface area contributed by atoms with Gasteiger partial charge in [0.15, 0.2) is 0 Å². The van der Waals surface area contributed by atoms with Crippen LogP contribution in [0.3, 0.4) is 0 Å². The Hall–Kier alpha value is -2.60. The summed E-state index contributed by atoms with van der Waals surface area (Å²) in [6, 6.07) is 10.8. The molecule has 2 aromatic carbocycles. The quantitative estimate of drug-likeness (QED) is 0.786. The van der Waals surface area contributed by atoms with Crippen molar-refractivity contribution in [3.05, 3.63) is 64.4 Å². The van der Waals surface area contributed by atoms with E-state index in [2.05, 4.69) is 15.4 Å². The molecule has 0 aliphatic rings. The molecule has 24 heavy (non-hydrogen) atoms. The highest BCUT2D eigenvalue weighted by Gasteiger charge is 2.10. The van der Waals surface area contributed by atoms with Crippen molar-refractivity contribution in [2.24, 2.45) is 0 Å². The van der Waals surface area contributed by atoms with Gasteiger partial charge in [0, 0.05) is 12.1 Å². The van der Waals surface area contributed by atoms with Gasteiger partial charge in [-0.1, -0.05) is 29.8 Å². The van der Waals surface area contributed by atoms with E-state index in [0.717, 1.165) is 0 Å². The van der Waals surface area contributed by atoms with Gasteiger partial charge in [-0.25, -0.2) is 9.18 Å². The van der Waals surface area contributed by atoms with Crippen LogP contribution in [0.4, 0.5) is 10.1 Å². The first-order valence-corrected chi connectivity index (χ1v) is 7.51. The van der Waals surface area contributed by atoms with Crippen LogP contribution in [0.5, 0.6) is 0 Å². The summed E-state index contributed by atoms with van der Waals surface area (Å²) in [5.74, 6) is -1.21. The minimum atomic E-state index is -0.501. The zero-order valence-electron chi connectivity index (χ0n) is 12.9. The van der Waals surface area contributed by atoms with Crippen molar-refractivity contribution in [3.63, 3.8) is 0 Å². The highest BCUT2D eigenvalue weighted by molar-refractivity contribution is 6.33. The molecule has 0 aromatic heterocycles. The Balaban J connectivity index is 1.92. The molecule has 0 spiro atoms. The molecule has 0 saturated carbocycles. The Morgan fingerprint density at radius 2 is 1.96 bits per heavy atom. The average Bonchev–Trinajstić information content (AvgIpc) is 2.59. The van der Waals surface area contributed by atoms with E-state index in [-0.39, 0.29) is 24.8 Å². The van der Waals surface area contributed by atoms with Crippen LogP contribution in [-0.2, 0) is 16.1 Å². The lowest BCUT2D eigenvalue weighted by Gasteiger charge is -2.10. The van der Waals surface area contributed by atoms with Gasteiger partial charge in [-0.15, -0.1) is 0 Å².